The molecule has 5 nitrogen and oxygen atoms in total. The van der Waals surface area contributed by atoms with Gasteiger partial charge in [0.05, 0.1) is 11.0 Å². The van der Waals surface area contributed by atoms with Crippen molar-refractivity contribution in [3.05, 3.63) is 57.0 Å². The summed E-state index contributed by atoms with van der Waals surface area (Å²) in [6.45, 7) is 4.86. The van der Waals surface area contributed by atoms with Gasteiger partial charge in [-0.25, -0.2) is 0 Å². The molecule has 2 aromatic rings. The molecule has 0 saturated carbocycles. The summed E-state index contributed by atoms with van der Waals surface area (Å²) in [7, 11) is 0. The van der Waals surface area contributed by atoms with Crippen molar-refractivity contribution < 1.29 is 10.0 Å². The van der Waals surface area contributed by atoms with Crippen LogP contribution in [0.1, 0.15) is 30.4 Å². The van der Waals surface area contributed by atoms with Crippen molar-refractivity contribution in [1.29, 1.82) is 0 Å². The lowest BCUT2D eigenvalue weighted by atomic mass is 10.2. The van der Waals surface area contributed by atoms with Crippen molar-refractivity contribution in [2.75, 3.05) is 11.4 Å². The summed E-state index contributed by atoms with van der Waals surface area (Å²) >= 11 is 1.28. The molecule has 1 aromatic heterocycles. The molecule has 0 amide bonds. The molecule has 2 rings (SSSR count). The van der Waals surface area contributed by atoms with Crippen LogP contribution in [0.2, 0.25) is 0 Å². The minimum absolute atomic E-state index is 0.0636. The number of anilines is 1. The van der Waals surface area contributed by atoms with E-state index in [1.165, 1.54) is 17.4 Å². The van der Waals surface area contributed by atoms with Gasteiger partial charge in [0.1, 0.15) is 0 Å². The lowest BCUT2D eigenvalue weighted by molar-refractivity contribution is -0.383. The molecule has 6 heteroatoms. The maximum atomic E-state index is 11.2. The molecular weight excluding hydrogens is 288 g/mol. The predicted octanol–water partition coefficient (Wildman–Crippen LogP) is 3.74. The Hall–Kier alpha value is -1.92. The van der Waals surface area contributed by atoms with Crippen LogP contribution in [0, 0.1) is 10.1 Å². The first-order valence-electron chi connectivity index (χ1n) is 6.78. The molecular formula is C15H18N2O3S. The Kier molecular flexibility index (Phi) is 4.93. The molecule has 0 radical (unpaired) electrons. The zero-order chi connectivity index (χ0) is 15.4. The van der Waals surface area contributed by atoms with E-state index < -0.39 is 6.10 Å². The molecule has 112 valence electrons. The molecule has 0 aliphatic carbocycles. The number of rotatable bonds is 6. The number of hydrogen-bond acceptors (Lipinski definition) is 5. The average Bonchev–Trinajstić information content (AvgIpc) is 2.91. The van der Waals surface area contributed by atoms with E-state index in [1.54, 1.807) is 6.92 Å². The molecule has 1 aromatic carbocycles. The van der Waals surface area contributed by atoms with Crippen LogP contribution in [0.5, 0.6) is 0 Å². The number of thiophene rings is 1. The van der Waals surface area contributed by atoms with E-state index in [0.29, 0.717) is 23.0 Å². The third-order valence-electron chi connectivity index (χ3n) is 3.21. The highest BCUT2D eigenvalue weighted by atomic mass is 32.1. The van der Waals surface area contributed by atoms with Crippen LogP contribution in [0.15, 0.2) is 36.4 Å². The number of aliphatic hydroxyl groups excluding tert-OH is 1. The van der Waals surface area contributed by atoms with Gasteiger partial charge in [0, 0.05) is 24.0 Å². The second-order valence-electron chi connectivity index (χ2n) is 4.77. The van der Waals surface area contributed by atoms with Gasteiger partial charge in [0.15, 0.2) is 5.00 Å². The molecule has 1 atom stereocenters. The molecule has 1 heterocycles. The minimum Gasteiger partial charge on any atom is -0.388 e. The van der Waals surface area contributed by atoms with Crippen LogP contribution in [-0.4, -0.2) is 16.6 Å². The summed E-state index contributed by atoms with van der Waals surface area (Å²) in [6.07, 6.45) is -0.696. The van der Waals surface area contributed by atoms with E-state index in [9.17, 15) is 15.2 Å². The Morgan fingerprint density at radius 1 is 1.38 bits per heavy atom. The van der Waals surface area contributed by atoms with Gasteiger partial charge in [0.25, 0.3) is 0 Å². The van der Waals surface area contributed by atoms with Crippen LogP contribution in [0.25, 0.3) is 0 Å². The predicted molar refractivity (Wildman–Crippen MR) is 84.8 cm³/mol. The van der Waals surface area contributed by atoms with Crippen LogP contribution in [-0.2, 0) is 6.54 Å². The molecule has 0 unspecified atom stereocenters. The van der Waals surface area contributed by atoms with Crippen molar-refractivity contribution in [2.45, 2.75) is 26.5 Å². The van der Waals surface area contributed by atoms with Gasteiger partial charge in [-0.2, -0.15) is 0 Å². The van der Waals surface area contributed by atoms with Crippen LogP contribution in [0.3, 0.4) is 0 Å². The average molecular weight is 306 g/mol. The van der Waals surface area contributed by atoms with Gasteiger partial charge in [-0.1, -0.05) is 30.3 Å². The van der Waals surface area contributed by atoms with E-state index in [1.807, 2.05) is 42.2 Å². The third kappa shape index (κ3) is 3.59. The smallest absolute Gasteiger partial charge is 0.304 e. The fourth-order valence-corrected chi connectivity index (χ4v) is 3.21. The highest BCUT2D eigenvalue weighted by Gasteiger charge is 2.24. The molecule has 0 bridgehead atoms. The minimum atomic E-state index is -0.696. The second-order valence-corrected chi connectivity index (χ2v) is 5.83. The Bertz CT molecular complexity index is 611. The third-order valence-corrected chi connectivity index (χ3v) is 4.56. The number of hydrogen-bond donors (Lipinski definition) is 1. The first-order chi connectivity index (χ1) is 10.0. The maximum absolute atomic E-state index is 11.2. The van der Waals surface area contributed by atoms with Crippen molar-refractivity contribution >= 4 is 22.0 Å². The molecule has 1 N–H and O–H groups in total. The molecule has 0 saturated heterocycles. The summed E-state index contributed by atoms with van der Waals surface area (Å²) in [4.78, 5) is 13.4. The number of nitro groups is 1. The Morgan fingerprint density at radius 2 is 2.05 bits per heavy atom. The van der Waals surface area contributed by atoms with E-state index in [-0.39, 0.29) is 10.6 Å². The summed E-state index contributed by atoms with van der Waals surface area (Å²) in [5.41, 5.74) is 1.16. The maximum Gasteiger partial charge on any atom is 0.304 e. The van der Waals surface area contributed by atoms with Crippen molar-refractivity contribution in [3.8, 4) is 0 Å². The summed E-state index contributed by atoms with van der Waals surface area (Å²) < 4.78 is 0. The van der Waals surface area contributed by atoms with Gasteiger partial charge in [-0.15, -0.1) is 11.3 Å². The Morgan fingerprint density at radius 3 is 2.57 bits per heavy atom. The lowest BCUT2D eigenvalue weighted by Gasteiger charge is -2.20. The van der Waals surface area contributed by atoms with Gasteiger partial charge in [0.2, 0.25) is 0 Å². The van der Waals surface area contributed by atoms with Crippen molar-refractivity contribution in [2.24, 2.45) is 0 Å². The number of benzene rings is 1. The van der Waals surface area contributed by atoms with Gasteiger partial charge >= 0.3 is 5.69 Å². The second kappa shape index (κ2) is 6.69. The molecule has 0 aliphatic heterocycles. The highest BCUT2D eigenvalue weighted by Crippen LogP contribution is 2.40. The molecule has 21 heavy (non-hydrogen) atoms. The summed E-state index contributed by atoms with van der Waals surface area (Å²) in [6, 6.07) is 11.3. The van der Waals surface area contributed by atoms with Gasteiger partial charge in [-0.05, 0) is 19.4 Å². The van der Waals surface area contributed by atoms with Crippen LogP contribution in [0.4, 0.5) is 10.7 Å². The summed E-state index contributed by atoms with van der Waals surface area (Å²) in [5.74, 6) is 0. The fraction of sp³-hybridized carbons (Fsp3) is 0.333. The van der Waals surface area contributed by atoms with E-state index >= 15 is 0 Å². The SMILES string of the molecule is CCN(Cc1ccccc1)c1sc([C@@H](C)O)cc1[N+](=O)[O-]. The van der Waals surface area contributed by atoms with Crippen LogP contribution >= 0.6 is 11.3 Å². The zero-order valence-corrected chi connectivity index (χ0v) is 12.8. The Balaban J connectivity index is 2.35. The molecule has 0 fully saturated rings. The standard InChI is InChI=1S/C15H18N2O3S/c1-3-16(10-12-7-5-4-6-8-12)15-13(17(19)20)9-14(21-15)11(2)18/h4-9,11,18H,3,10H2,1-2H3/t11-/m1/s1. The summed E-state index contributed by atoms with van der Waals surface area (Å²) in [5, 5.41) is 21.5. The van der Waals surface area contributed by atoms with Crippen LogP contribution < -0.4 is 4.90 Å². The van der Waals surface area contributed by atoms with Crippen molar-refractivity contribution in [1.82, 2.24) is 0 Å². The zero-order valence-electron chi connectivity index (χ0n) is 12.0. The first-order valence-corrected chi connectivity index (χ1v) is 7.59. The lowest BCUT2D eigenvalue weighted by Crippen LogP contribution is -2.21. The Labute approximate surface area is 127 Å². The fourth-order valence-electron chi connectivity index (χ4n) is 2.08. The largest absolute Gasteiger partial charge is 0.388 e. The van der Waals surface area contributed by atoms with Gasteiger partial charge < -0.3 is 10.0 Å². The van der Waals surface area contributed by atoms with Crippen molar-refractivity contribution in [3.63, 3.8) is 0 Å². The topological polar surface area (TPSA) is 66.6 Å². The van der Waals surface area contributed by atoms with E-state index in [0.717, 1.165) is 5.56 Å². The first kappa shape index (κ1) is 15.5. The molecule has 0 spiro atoms. The van der Waals surface area contributed by atoms with Gasteiger partial charge in [-0.3, -0.25) is 10.1 Å². The van der Waals surface area contributed by atoms with E-state index in [2.05, 4.69) is 0 Å². The normalized spacial score (nSPS) is 12.1. The van der Waals surface area contributed by atoms with E-state index in [4.69, 9.17) is 0 Å². The highest BCUT2D eigenvalue weighted by molar-refractivity contribution is 7.16. The molecule has 0 aliphatic rings. The number of nitrogens with zero attached hydrogens (tertiary/aromatic N) is 2. The monoisotopic (exact) mass is 306 g/mol. The number of aliphatic hydroxyl groups is 1. The quantitative estimate of drug-likeness (QED) is 0.652.